The molecule has 102 valence electrons. The molecule has 4 heteroatoms. The molecule has 0 N–H and O–H groups in total. The Balaban J connectivity index is 2.77. The summed E-state index contributed by atoms with van der Waals surface area (Å²) in [4.78, 5) is 23.3. The molecule has 0 aromatic rings. The lowest BCUT2D eigenvalue weighted by Crippen LogP contribution is -2.29. The first-order valence-corrected chi connectivity index (χ1v) is 7.35. The van der Waals surface area contributed by atoms with Crippen molar-refractivity contribution < 1.29 is 14.3 Å². The highest BCUT2D eigenvalue weighted by atomic mass is 32.2. The van der Waals surface area contributed by atoms with Gasteiger partial charge >= 0.3 is 5.97 Å². The molecule has 1 saturated carbocycles. The Morgan fingerprint density at radius 1 is 1.39 bits per heavy atom. The molecular weight excluding hydrogens is 248 g/mol. The van der Waals surface area contributed by atoms with E-state index in [1.54, 1.807) is 25.6 Å². The van der Waals surface area contributed by atoms with Crippen LogP contribution in [0.3, 0.4) is 0 Å². The van der Waals surface area contributed by atoms with Crippen LogP contribution < -0.4 is 0 Å². The fourth-order valence-corrected chi connectivity index (χ4v) is 3.86. The van der Waals surface area contributed by atoms with Crippen molar-refractivity contribution in [1.82, 2.24) is 0 Å². The highest BCUT2D eigenvalue weighted by Gasteiger charge is 2.46. The Morgan fingerprint density at radius 2 is 2.00 bits per heavy atom. The molecule has 3 atom stereocenters. The third-order valence-corrected chi connectivity index (χ3v) is 4.58. The first kappa shape index (κ1) is 15.3. The molecule has 0 aromatic carbocycles. The second-order valence-corrected chi connectivity index (χ2v) is 6.76. The van der Waals surface area contributed by atoms with Crippen LogP contribution in [0.4, 0.5) is 0 Å². The monoisotopic (exact) mass is 270 g/mol. The van der Waals surface area contributed by atoms with Gasteiger partial charge < -0.3 is 4.74 Å². The summed E-state index contributed by atoms with van der Waals surface area (Å²) < 4.78 is 5.51. The predicted octanol–water partition coefficient (Wildman–Crippen LogP) is 2.99. The van der Waals surface area contributed by atoms with Gasteiger partial charge in [-0.15, -0.1) is 0 Å². The van der Waals surface area contributed by atoms with Crippen LogP contribution in [0.2, 0.25) is 0 Å². The third kappa shape index (κ3) is 3.61. The zero-order chi connectivity index (χ0) is 13.9. The Kier molecular flexibility index (Phi) is 5.02. The summed E-state index contributed by atoms with van der Waals surface area (Å²) in [5.74, 6) is 0.801. The number of hydrogen-bond donors (Lipinski definition) is 0. The normalized spacial score (nSPS) is 31.1. The van der Waals surface area contributed by atoms with Gasteiger partial charge in [-0.25, -0.2) is 4.79 Å². The number of rotatable bonds is 5. The number of thioether (sulfide) groups is 1. The summed E-state index contributed by atoms with van der Waals surface area (Å²) in [6.07, 6.45) is 1.37. The Bertz CT molecular complexity index is 364. The number of ether oxygens (including phenoxy) is 1. The van der Waals surface area contributed by atoms with Gasteiger partial charge in [-0.2, -0.15) is 11.8 Å². The van der Waals surface area contributed by atoms with E-state index in [1.165, 1.54) is 0 Å². The van der Waals surface area contributed by atoms with Crippen molar-refractivity contribution in [3.05, 3.63) is 12.2 Å². The highest BCUT2D eigenvalue weighted by molar-refractivity contribution is 7.99. The summed E-state index contributed by atoms with van der Waals surface area (Å²) in [5, 5.41) is 0.260. The average molecular weight is 270 g/mol. The number of carbonyl (C=O) groups excluding carboxylic acids is 2. The van der Waals surface area contributed by atoms with E-state index >= 15 is 0 Å². The first-order valence-electron chi connectivity index (χ1n) is 6.30. The van der Waals surface area contributed by atoms with Gasteiger partial charge in [0.2, 0.25) is 0 Å². The van der Waals surface area contributed by atoms with Crippen LogP contribution in [0.1, 0.15) is 40.5 Å². The van der Waals surface area contributed by atoms with Crippen LogP contribution >= 0.6 is 11.8 Å². The molecule has 3 unspecified atom stereocenters. The highest BCUT2D eigenvalue weighted by Crippen LogP contribution is 2.44. The molecule has 3 nitrogen and oxygen atoms in total. The summed E-state index contributed by atoms with van der Waals surface area (Å²) in [6.45, 7) is 10.9. The van der Waals surface area contributed by atoms with Crippen LogP contribution in [0, 0.1) is 5.92 Å². The lowest BCUT2D eigenvalue weighted by atomic mass is 9.99. The standard InChI is InChI=1S/C14H22O3S/c1-6-18-12-8-14(5,7-11(12)10(4)15)17-13(16)9(2)3/h11-12H,2,6-8H2,1,3-5H3. The van der Waals surface area contributed by atoms with E-state index in [0.29, 0.717) is 12.0 Å². The zero-order valence-electron chi connectivity index (χ0n) is 11.6. The molecule has 0 aliphatic heterocycles. The van der Waals surface area contributed by atoms with E-state index in [4.69, 9.17) is 4.74 Å². The van der Waals surface area contributed by atoms with Crippen molar-refractivity contribution in [3.8, 4) is 0 Å². The molecule has 1 aliphatic rings. The topological polar surface area (TPSA) is 43.4 Å². The molecule has 0 heterocycles. The Hall–Kier alpha value is -0.770. The zero-order valence-corrected chi connectivity index (χ0v) is 12.4. The average Bonchev–Trinajstić information content (AvgIpc) is 2.56. The van der Waals surface area contributed by atoms with E-state index < -0.39 is 5.60 Å². The predicted molar refractivity (Wildman–Crippen MR) is 74.6 cm³/mol. The van der Waals surface area contributed by atoms with Gasteiger partial charge in [0, 0.05) is 16.7 Å². The molecule has 1 fully saturated rings. The SMILES string of the molecule is C=C(C)C(=O)OC1(C)CC(SCC)C(C(C)=O)C1. The van der Waals surface area contributed by atoms with E-state index in [2.05, 4.69) is 13.5 Å². The number of carbonyl (C=O) groups is 2. The van der Waals surface area contributed by atoms with Gasteiger partial charge in [-0.3, -0.25) is 4.79 Å². The minimum atomic E-state index is -0.529. The van der Waals surface area contributed by atoms with Crippen molar-refractivity contribution in [3.63, 3.8) is 0 Å². The lowest BCUT2D eigenvalue weighted by Gasteiger charge is -2.24. The first-order chi connectivity index (χ1) is 8.29. The molecule has 1 aliphatic carbocycles. The molecule has 0 bridgehead atoms. The van der Waals surface area contributed by atoms with Crippen LogP contribution in [0.25, 0.3) is 0 Å². The van der Waals surface area contributed by atoms with Crippen molar-refractivity contribution >= 4 is 23.5 Å². The van der Waals surface area contributed by atoms with Gasteiger partial charge in [0.05, 0.1) is 0 Å². The Morgan fingerprint density at radius 3 is 2.44 bits per heavy atom. The summed E-state index contributed by atoms with van der Waals surface area (Å²) in [5.41, 5.74) is -0.124. The number of hydrogen-bond acceptors (Lipinski definition) is 4. The van der Waals surface area contributed by atoms with Crippen LogP contribution in [0.5, 0.6) is 0 Å². The minimum absolute atomic E-state index is 0.00197. The molecule has 1 rings (SSSR count). The minimum Gasteiger partial charge on any atom is -0.456 e. The molecular formula is C14H22O3S. The molecule has 0 spiro atoms. The smallest absolute Gasteiger partial charge is 0.333 e. The number of esters is 1. The van der Waals surface area contributed by atoms with Gasteiger partial charge in [0.25, 0.3) is 0 Å². The van der Waals surface area contributed by atoms with E-state index in [0.717, 1.165) is 12.2 Å². The van der Waals surface area contributed by atoms with Gasteiger partial charge in [-0.1, -0.05) is 13.5 Å². The number of ketones is 1. The largest absolute Gasteiger partial charge is 0.456 e. The fraction of sp³-hybridized carbons (Fsp3) is 0.714. The number of Topliss-reactive ketones (excluding diaryl/α,β-unsaturated/α-hetero) is 1. The van der Waals surface area contributed by atoms with Gasteiger partial charge in [0.1, 0.15) is 11.4 Å². The molecule has 0 amide bonds. The third-order valence-electron chi connectivity index (χ3n) is 3.32. The molecule has 0 aromatic heterocycles. The maximum absolute atomic E-state index is 11.7. The van der Waals surface area contributed by atoms with Crippen molar-refractivity contribution in [2.24, 2.45) is 5.92 Å². The molecule has 18 heavy (non-hydrogen) atoms. The second-order valence-electron chi connectivity index (χ2n) is 5.24. The van der Waals surface area contributed by atoms with Crippen LogP contribution in [-0.4, -0.2) is 28.4 Å². The van der Waals surface area contributed by atoms with Crippen molar-refractivity contribution in [2.45, 2.75) is 51.4 Å². The van der Waals surface area contributed by atoms with Crippen molar-refractivity contribution in [2.75, 3.05) is 5.75 Å². The van der Waals surface area contributed by atoms with Crippen LogP contribution in [0.15, 0.2) is 12.2 Å². The summed E-state index contributed by atoms with van der Waals surface area (Å²) >= 11 is 1.78. The van der Waals surface area contributed by atoms with Crippen LogP contribution in [-0.2, 0) is 14.3 Å². The van der Waals surface area contributed by atoms with Gasteiger partial charge in [-0.05, 0) is 39.4 Å². The fourth-order valence-electron chi connectivity index (χ4n) is 2.44. The van der Waals surface area contributed by atoms with E-state index in [9.17, 15) is 9.59 Å². The second kappa shape index (κ2) is 5.91. The Labute approximate surface area is 113 Å². The van der Waals surface area contributed by atoms with E-state index in [1.807, 2.05) is 6.92 Å². The quantitative estimate of drug-likeness (QED) is 0.569. The van der Waals surface area contributed by atoms with Gasteiger partial charge in [0.15, 0.2) is 0 Å². The van der Waals surface area contributed by atoms with Crippen molar-refractivity contribution in [1.29, 1.82) is 0 Å². The maximum Gasteiger partial charge on any atom is 0.333 e. The molecule has 0 radical (unpaired) electrons. The lowest BCUT2D eigenvalue weighted by molar-refractivity contribution is -0.153. The van der Waals surface area contributed by atoms with E-state index in [-0.39, 0.29) is 22.9 Å². The maximum atomic E-state index is 11.7. The summed E-state index contributed by atoms with van der Waals surface area (Å²) in [7, 11) is 0. The summed E-state index contributed by atoms with van der Waals surface area (Å²) in [6, 6.07) is 0. The molecule has 0 saturated heterocycles.